The Balaban J connectivity index is 3.30. The van der Waals surface area contributed by atoms with Crippen molar-refractivity contribution in [1.29, 1.82) is 0 Å². The SMILES string of the molecule is COc1ccc(F)c(C(C)N)c1O. The van der Waals surface area contributed by atoms with Gasteiger partial charge in [0.25, 0.3) is 0 Å². The summed E-state index contributed by atoms with van der Waals surface area (Å²) in [6.07, 6.45) is 0. The minimum atomic E-state index is -0.560. The first-order valence-electron chi connectivity index (χ1n) is 3.89. The van der Waals surface area contributed by atoms with Crippen LogP contribution in [0.15, 0.2) is 12.1 Å². The van der Waals surface area contributed by atoms with Crippen LogP contribution in [0.4, 0.5) is 4.39 Å². The van der Waals surface area contributed by atoms with Gasteiger partial charge in [0, 0.05) is 11.6 Å². The molecule has 1 aromatic rings. The van der Waals surface area contributed by atoms with Crippen molar-refractivity contribution in [2.75, 3.05) is 7.11 Å². The van der Waals surface area contributed by atoms with Crippen molar-refractivity contribution in [3.63, 3.8) is 0 Å². The standard InChI is InChI=1S/C9H12FNO2/c1-5(11)8-6(10)3-4-7(13-2)9(8)12/h3-5,12H,11H2,1-2H3. The monoisotopic (exact) mass is 185 g/mol. The molecule has 0 aliphatic heterocycles. The zero-order valence-corrected chi connectivity index (χ0v) is 7.54. The van der Waals surface area contributed by atoms with Crippen LogP contribution >= 0.6 is 0 Å². The zero-order chi connectivity index (χ0) is 10.0. The fraction of sp³-hybridized carbons (Fsp3) is 0.333. The molecule has 72 valence electrons. The molecule has 3 nitrogen and oxygen atoms in total. The van der Waals surface area contributed by atoms with Crippen molar-refractivity contribution in [2.24, 2.45) is 5.73 Å². The fourth-order valence-electron chi connectivity index (χ4n) is 1.16. The summed E-state index contributed by atoms with van der Waals surface area (Å²) in [5, 5.41) is 9.50. The molecule has 0 saturated heterocycles. The Morgan fingerprint density at radius 3 is 2.62 bits per heavy atom. The van der Waals surface area contributed by atoms with E-state index in [9.17, 15) is 9.50 Å². The first-order valence-corrected chi connectivity index (χ1v) is 3.89. The molecule has 0 fully saturated rings. The highest BCUT2D eigenvalue weighted by atomic mass is 19.1. The summed E-state index contributed by atoms with van der Waals surface area (Å²) in [5.74, 6) is -0.514. The third-order valence-electron chi connectivity index (χ3n) is 1.80. The molecular formula is C9H12FNO2. The molecular weight excluding hydrogens is 173 g/mol. The molecule has 1 rings (SSSR count). The normalized spacial score (nSPS) is 12.6. The van der Waals surface area contributed by atoms with E-state index >= 15 is 0 Å². The number of nitrogens with two attached hydrogens (primary N) is 1. The first-order chi connectivity index (χ1) is 6.07. The lowest BCUT2D eigenvalue weighted by atomic mass is 10.1. The van der Waals surface area contributed by atoms with Gasteiger partial charge in [-0.15, -0.1) is 0 Å². The largest absolute Gasteiger partial charge is 0.504 e. The van der Waals surface area contributed by atoms with E-state index in [2.05, 4.69) is 0 Å². The Hall–Kier alpha value is -1.29. The van der Waals surface area contributed by atoms with Crippen LogP contribution in [-0.4, -0.2) is 12.2 Å². The fourth-order valence-corrected chi connectivity index (χ4v) is 1.16. The van der Waals surface area contributed by atoms with Gasteiger partial charge in [-0.3, -0.25) is 0 Å². The Morgan fingerprint density at radius 1 is 1.54 bits per heavy atom. The second kappa shape index (κ2) is 3.62. The van der Waals surface area contributed by atoms with Gasteiger partial charge in [-0.05, 0) is 19.1 Å². The van der Waals surface area contributed by atoms with E-state index in [1.807, 2.05) is 0 Å². The summed E-state index contributed by atoms with van der Waals surface area (Å²) < 4.78 is 17.9. The highest BCUT2D eigenvalue weighted by Gasteiger charge is 2.16. The average Bonchev–Trinajstić information content (AvgIpc) is 2.04. The van der Waals surface area contributed by atoms with Crippen molar-refractivity contribution in [2.45, 2.75) is 13.0 Å². The Morgan fingerprint density at radius 2 is 2.15 bits per heavy atom. The lowest BCUT2D eigenvalue weighted by Gasteiger charge is -2.12. The summed E-state index contributed by atoms with van der Waals surface area (Å²) in [5.41, 5.74) is 5.57. The van der Waals surface area contributed by atoms with Crippen molar-refractivity contribution in [3.8, 4) is 11.5 Å². The minimum absolute atomic E-state index is 0.0827. The number of ether oxygens (including phenoxy) is 1. The second-order valence-electron chi connectivity index (χ2n) is 2.80. The molecule has 0 amide bonds. The predicted octanol–water partition coefficient (Wildman–Crippen LogP) is 1.56. The number of hydrogen-bond acceptors (Lipinski definition) is 3. The average molecular weight is 185 g/mol. The van der Waals surface area contributed by atoms with Gasteiger partial charge in [-0.25, -0.2) is 4.39 Å². The molecule has 1 atom stereocenters. The molecule has 0 aromatic heterocycles. The Labute approximate surface area is 75.9 Å². The molecule has 1 unspecified atom stereocenters. The van der Waals surface area contributed by atoms with Crippen LogP contribution in [0.5, 0.6) is 11.5 Å². The van der Waals surface area contributed by atoms with Gasteiger partial charge in [-0.1, -0.05) is 0 Å². The third kappa shape index (κ3) is 1.72. The summed E-state index contributed by atoms with van der Waals surface area (Å²) in [7, 11) is 1.40. The smallest absolute Gasteiger partial charge is 0.165 e. The summed E-state index contributed by atoms with van der Waals surface area (Å²) in [6.45, 7) is 1.59. The molecule has 0 heterocycles. The number of aromatic hydroxyl groups is 1. The van der Waals surface area contributed by atoms with Crippen LogP contribution < -0.4 is 10.5 Å². The molecule has 0 bridgehead atoms. The predicted molar refractivity (Wildman–Crippen MR) is 47.2 cm³/mol. The maximum absolute atomic E-state index is 13.1. The van der Waals surface area contributed by atoms with Crippen LogP contribution in [0.2, 0.25) is 0 Å². The van der Waals surface area contributed by atoms with Gasteiger partial charge in [0.15, 0.2) is 11.5 Å². The number of phenolic OH excluding ortho intramolecular Hbond substituents is 1. The van der Waals surface area contributed by atoms with Crippen LogP contribution in [0.25, 0.3) is 0 Å². The highest BCUT2D eigenvalue weighted by molar-refractivity contribution is 5.47. The van der Waals surface area contributed by atoms with E-state index < -0.39 is 11.9 Å². The summed E-state index contributed by atoms with van der Waals surface area (Å²) in [4.78, 5) is 0. The number of halogens is 1. The molecule has 0 saturated carbocycles. The topological polar surface area (TPSA) is 55.5 Å². The van der Waals surface area contributed by atoms with Gasteiger partial charge in [0.05, 0.1) is 7.11 Å². The molecule has 0 aliphatic rings. The van der Waals surface area contributed by atoms with Crippen molar-refractivity contribution >= 4 is 0 Å². The lowest BCUT2D eigenvalue weighted by Crippen LogP contribution is -2.08. The third-order valence-corrected chi connectivity index (χ3v) is 1.80. The van der Waals surface area contributed by atoms with Crippen molar-refractivity contribution in [3.05, 3.63) is 23.5 Å². The van der Waals surface area contributed by atoms with Gasteiger partial charge >= 0.3 is 0 Å². The Kier molecular flexibility index (Phi) is 2.72. The van der Waals surface area contributed by atoms with Gasteiger partial charge in [0.1, 0.15) is 5.82 Å². The maximum Gasteiger partial charge on any atom is 0.165 e. The van der Waals surface area contributed by atoms with E-state index in [1.165, 1.54) is 19.2 Å². The molecule has 3 N–H and O–H groups in total. The number of rotatable bonds is 2. The van der Waals surface area contributed by atoms with Crippen LogP contribution in [-0.2, 0) is 0 Å². The number of hydrogen-bond donors (Lipinski definition) is 2. The lowest BCUT2D eigenvalue weighted by molar-refractivity contribution is 0.365. The number of methoxy groups -OCH3 is 1. The molecule has 0 radical (unpaired) electrons. The van der Waals surface area contributed by atoms with Gasteiger partial charge in [-0.2, -0.15) is 0 Å². The van der Waals surface area contributed by atoms with Crippen molar-refractivity contribution < 1.29 is 14.2 Å². The zero-order valence-electron chi connectivity index (χ0n) is 7.54. The summed E-state index contributed by atoms with van der Waals surface area (Å²) in [6, 6.07) is 2.02. The molecule has 13 heavy (non-hydrogen) atoms. The number of phenols is 1. The summed E-state index contributed by atoms with van der Waals surface area (Å²) >= 11 is 0. The van der Waals surface area contributed by atoms with Crippen LogP contribution in [0, 0.1) is 5.82 Å². The minimum Gasteiger partial charge on any atom is -0.504 e. The molecule has 0 aliphatic carbocycles. The van der Waals surface area contributed by atoms with E-state index in [-0.39, 0.29) is 17.1 Å². The molecule has 4 heteroatoms. The molecule has 1 aromatic carbocycles. The second-order valence-corrected chi connectivity index (χ2v) is 2.80. The highest BCUT2D eigenvalue weighted by Crippen LogP contribution is 2.34. The first kappa shape index (κ1) is 9.80. The van der Waals surface area contributed by atoms with Crippen LogP contribution in [0.1, 0.15) is 18.5 Å². The van der Waals surface area contributed by atoms with Crippen molar-refractivity contribution in [1.82, 2.24) is 0 Å². The van der Waals surface area contributed by atoms with E-state index in [4.69, 9.17) is 10.5 Å². The van der Waals surface area contributed by atoms with Gasteiger partial charge < -0.3 is 15.6 Å². The molecule has 0 spiro atoms. The van der Waals surface area contributed by atoms with E-state index in [0.717, 1.165) is 0 Å². The van der Waals surface area contributed by atoms with E-state index in [0.29, 0.717) is 0 Å². The number of benzene rings is 1. The Bertz CT molecular complexity index is 313. The van der Waals surface area contributed by atoms with Gasteiger partial charge in [0.2, 0.25) is 0 Å². The van der Waals surface area contributed by atoms with E-state index in [1.54, 1.807) is 6.92 Å². The maximum atomic E-state index is 13.1. The van der Waals surface area contributed by atoms with Crippen LogP contribution in [0.3, 0.4) is 0 Å². The quantitative estimate of drug-likeness (QED) is 0.735.